The lowest BCUT2D eigenvalue weighted by Gasteiger charge is -2.09. The second kappa shape index (κ2) is 7.58. The Morgan fingerprint density at radius 3 is 2.54 bits per heavy atom. The maximum absolute atomic E-state index is 12.8. The molecular weight excluding hydrogens is 423 g/mol. The molecule has 3 aromatic heterocycles. The maximum Gasteiger partial charge on any atom is 0.262 e. The van der Waals surface area contributed by atoms with E-state index >= 15 is 0 Å². The number of benzene rings is 1. The van der Waals surface area contributed by atoms with Crippen LogP contribution >= 0.6 is 34.8 Å². The Balaban J connectivity index is 1.88. The van der Waals surface area contributed by atoms with Crippen LogP contribution in [-0.4, -0.2) is 29.7 Å². The highest BCUT2D eigenvalue weighted by molar-refractivity contribution is 6.40. The van der Waals surface area contributed by atoms with Crippen LogP contribution in [0.3, 0.4) is 0 Å². The zero-order chi connectivity index (χ0) is 19.8. The van der Waals surface area contributed by atoms with Crippen molar-refractivity contribution in [2.45, 2.75) is 26.2 Å². The second-order valence-corrected chi connectivity index (χ2v) is 7.47. The van der Waals surface area contributed by atoms with Crippen LogP contribution in [0.5, 0.6) is 0 Å². The highest BCUT2D eigenvalue weighted by atomic mass is 35.5. The summed E-state index contributed by atoms with van der Waals surface area (Å²) in [6.45, 7) is 1.92. The largest absolute Gasteiger partial charge is 0.348 e. The number of aromatic nitrogens is 6. The molecule has 2 N–H and O–H groups in total. The zero-order valence-corrected chi connectivity index (χ0v) is 17.0. The van der Waals surface area contributed by atoms with Crippen LogP contribution in [0.15, 0.2) is 29.5 Å². The number of H-pyrrole nitrogens is 2. The molecule has 0 saturated carbocycles. The molecule has 0 unspecified atom stereocenters. The fourth-order valence-corrected chi connectivity index (χ4v) is 4.05. The molecule has 3 heterocycles. The summed E-state index contributed by atoms with van der Waals surface area (Å²) < 4.78 is 1.52. The number of hydrogen-bond acceptors (Lipinski definition) is 4. The van der Waals surface area contributed by atoms with Gasteiger partial charge in [0.1, 0.15) is 16.9 Å². The number of nitrogens with one attached hydrogen (secondary N) is 2. The molecule has 0 aliphatic heterocycles. The van der Waals surface area contributed by atoms with E-state index in [0.717, 1.165) is 5.69 Å². The lowest BCUT2D eigenvalue weighted by Crippen LogP contribution is -2.14. The molecule has 4 aromatic rings. The van der Waals surface area contributed by atoms with Crippen molar-refractivity contribution in [2.75, 3.05) is 0 Å². The van der Waals surface area contributed by atoms with Gasteiger partial charge in [0.2, 0.25) is 0 Å². The molecule has 1 aromatic carbocycles. The lowest BCUT2D eigenvalue weighted by molar-refractivity contribution is 0.822. The SMILES string of the molecule is CCc1nn(-c2c(Cl)cc(Cl)cc2Cl)c2nc(CCc3cnc[nH]3)[nH]c(=O)c12. The number of aromatic amines is 2. The third kappa shape index (κ3) is 3.41. The fraction of sp³-hybridized carbons (Fsp3) is 0.222. The smallest absolute Gasteiger partial charge is 0.262 e. The van der Waals surface area contributed by atoms with E-state index in [1.54, 1.807) is 24.7 Å². The van der Waals surface area contributed by atoms with Crippen molar-refractivity contribution in [3.8, 4) is 5.69 Å². The minimum atomic E-state index is -0.242. The summed E-state index contributed by atoms with van der Waals surface area (Å²) in [5.74, 6) is 0.539. The van der Waals surface area contributed by atoms with Gasteiger partial charge in [-0.15, -0.1) is 0 Å². The van der Waals surface area contributed by atoms with Gasteiger partial charge in [0.15, 0.2) is 5.65 Å². The van der Waals surface area contributed by atoms with Crippen molar-refractivity contribution in [3.63, 3.8) is 0 Å². The molecule has 28 heavy (non-hydrogen) atoms. The van der Waals surface area contributed by atoms with Crippen LogP contribution in [0.25, 0.3) is 16.7 Å². The molecule has 0 amide bonds. The van der Waals surface area contributed by atoms with Gasteiger partial charge in [-0.25, -0.2) is 14.6 Å². The van der Waals surface area contributed by atoms with Gasteiger partial charge in [-0.05, 0) is 25.0 Å². The first-order valence-electron chi connectivity index (χ1n) is 8.61. The van der Waals surface area contributed by atoms with Gasteiger partial charge in [-0.1, -0.05) is 41.7 Å². The second-order valence-electron chi connectivity index (χ2n) is 6.22. The van der Waals surface area contributed by atoms with Crippen molar-refractivity contribution in [1.82, 2.24) is 29.7 Å². The summed E-state index contributed by atoms with van der Waals surface area (Å²) in [7, 11) is 0. The molecule has 7 nitrogen and oxygen atoms in total. The Bertz CT molecular complexity index is 1190. The number of halogens is 3. The average Bonchev–Trinajstić information content (AvgIpc) is 3.27. The third-order valence-corrected chi connectivity index (χ3v) is 5.17. The quantitative estimate of drug-likeness (QED) is 0.491. The van der Waals surface area contributed by atoms with Crippen LogP contribution in [0.1, 0.15) is 24.1 Å². The topological polar surface area (TPSA) is 92.2 Å². The summed E-state index contributed by atoms with van der Waals surface area (Å²) in [5, 5.41) is 6.04. The summed E-state index contributed by atoms with van der Waals surface area (Å²) in [6.07, 6.45) is 5.10. The van der Waals surface area contributed by atoms with Gasteiger partial charge in [0.05, 0.1) is 22.1 Å². The lowest BCUT2D eigenvalue weighted by atomic mass is 10.2. The van der Waals surface area contributed by atoms with Crippen LogP contribution < -0.4 is 5.56 Å². The summed E-state index contributed by atoms with van der Waals surface area (Å²) in [6, 6.07) is 3.16. The molecule has 10 heteroatoms. The van der Waals surface area contributed by atoms with E-state index in [1.807, 2.05) is 6.92 Å². The van der Waals surface area contributed by atoms with Crippen molar-refractivity contribution in [3.05, 3.63) is 67.3 Å². The van der Waals surface area contributed by atoms with Crippen molar-refractivity contribution < 1.29 is 0 Å². The van der Waals surface area contributed by atoms with Crippen LogP contribution in [-0.2, 0) is 19.3 Å². The monoisotopic (exact) mass is 436 g/mol. The Hall–Kier alpha value is -2.35. The molecule has 0 aliphatic carbocycles. The van der Waals surface area contributed by atoms with Gasteiger partial charge >= 0.3 is 0 Å². The predicted octanol–water partition coefficient (Wildman–Crippen LogP) is 4.14. The van der Waals surface area contributed by atoms with E-state index in [0.29, 0.717) is 62.6 Å². The normalized spacial score (nSPS) is 11.4. The highest BCUT2D eigenvalue weighted by Crippen LogP contribution is 2.33. The Morgan fingerprint density at radius 2 is 1.89 bits per heavy atom. The molecular formula is C18H15Cl3N6O. The number of imidazole rings is 1. The number of nitrogens with zero attached hydrogens (tertiary/aromatic N) is 4. The molecule has 0 saturated heterocycles. The first kappa shape index (κ1) is 19.0. The third-order valence-electron chi connectivity index (χ3n) is 4.37. The van der Waals surface area contributed by atoms with E-state index in [2.05, 4.69) is 25.0 Å². The number of fused-ring (bicyclic) bond motifs is 1. The zero-order valence-electron chi connectivity index (χ0n) is 14.8. The van der Waals surface area contributed by atoms with Crippen LogP contribution in [0.4, 0.5) is 0 Å². The van der Waals surface area contributed by atoms with E-state index in [1.165, 1.54) is 4.68 Å². The van der Waals surface area contributed by atoms with Crippen molar-refractivity contribution in [1.29, 1.82) is 0 Å². The van der Waals surface area contributed by atoms with Gasteiger partial charge in [0, 0.05) is 23.3 Å². The Labute approximate surface area is 174 Å². The van der Waals surface area contributed by atoms with Gasteiger partial charge < -0.3 is 9.97 Å². The number of hydrogen-bond donors (Lipinski definition) is 2. The molecule has 0 fully saturated rings. The van der Waals surface area contributed by atoms with Gasteiger partial charge in [-0.3, -0.25) is 4.79 Å². The van der Waals surface area contributed by atoms with E-state index < -0.39 is 0 Å². The van der Waals surface area contributed by atoms with E-state index in [4.69, 9.17) is 34.8 Å². The first-order valence-corrected chi connectivity index (χ1v) is 9.74. The summed E-state index contributed by atoms with van der Waals surface area (Å²) >= 11 is 18.8. The predicted molar refractivity (Wildman–Crippen MR) is 110 cm³/mol. The fourth-order valence-electron chi connectivity index (χ4n) is 3.07. The minimum Gasteiger partial charge on any atom is -0.348 e. The molecule has 0 bridgehead atoms. The molecule has 0 radical (unpaired) electrons. The van der Waals surface area contributed by atoms with Gasteiger partial charge in [-0.2, -0.15) is 5.10 Å². The molecule has 4 rings (SSSR count). The number of rotatable bonds is 5. The molecule has 0 aliphatic rings. The Morgan fingerprint density at radius 1 is 1.14 bits per heavy atom. The molecule has 0 atom stereocenters. The van der Waals surface area contributed by atoms with E-state index in [9.17, 15) is 4.79 Å². The van der Waals surface area contributed by atoms with Gasteiger partial charge in [0.25, 0.3) is 5.56 Å². The van der Waals surface area contributed by atoms with E-state index in [-0.39, 0.29) is 5.56 Å². The maximum atomic E-state index is 12.8. The summed E-state index contributed by atoms with van der Waals surface area (Å²) in [5.41, 5.74) is 2.18. The highest BCUT2D eigenvalue weighted by Gasteiger charge is 2.20. The van der Waals surface area contributed by atoms with Crippen LogP contribution in [0, 0.1) is 0 Å². The average molecular weight is 438 g/mol. The van der Waals surface area contributed by atoms with Crippen LogP contribution in [0.2, 0.25) is 15.1 Å². The molecule has 0 spiro atoms. The van der Waals surface area contributed by atoms with Crippen molar-refractivity contribution in [2.24, 2.45) is 0 Å². The Kier molecular flexibility index (Phi) is 5.14. The summed E-state index contributed by atoms with van der Waals surface area (Å²) in [4.78, 5) is 27.3. The molecule has 144 valence electrons. The van der Waals surface area contributed by atoms with Crippen molar-refractivity contribution >= 4 is 45.8 Å². The standard InChI is InChI=1S/C18H15Cl3N6O/c1-2-13-15-17(27(26-13)16-11(20)5-9(19)6-12(16)21)24-14(25-18(15)28)4-3-10-7-22-8-23-10/h5-8H,2-4H2,1H3,(H,22,23)(H,24,25,28). The number of aryl methyl sites for hydroxylation is 3. The first-order chi connectivity index (χ1) is 13.5. The minimum absolute atomic E-state index is 0.242.